The summed E-state index contributed by atoms with van der Waals surface area (Å²) in [7, 11) is 5.67. The van der Waals surface area contributed by atoms with Gasteiger partial charge in [-0.25, -0.2) is 4.98 Å². The highest BCUT2D eigenvalue weighted by molar-refractivity contribution is 8.22. The van der Waals surface area contributed by atoms with Crippen molar-refractivity contribution in [1.29, 1.82) is 0 Å². The van der Waals surface area contributed by atoms with E-state index in [2.05, 4.69) is 35.7 Å². The SMILES string of the molecule is CNC(=O)c1ccccc1Nc1nc(Nc2ccc(C(=O)N3CCN(C(=S)SCCN(C)C)CC3)cc2)ncc1Cl. The lowest BCUT2D eigenvalue weighted by Crippen LogP contribution is -2.49. The number of para-hydroxylation sites is 1. The van der Waals surface area contributed by atoms with Gasteiger partial charge in [-0.05, 0) is 50.5 Å². The van der Waals surface area contributed by atoms with Gasteiger partial charge in [0.1, 0.15) is 9.34 Å². The van der Waals surface area contributed by atoms with E-state index in [9.17, 15) is 9.59 Å². The molecule has 0 unspecified atom stereocenters. The number of hydrogen-bond acceptors (Lipinski definition) is 9. The minimum atomic E-state index is -0.230. The predicted octanol–water partition coefficient (Wildman–Crippen LogP) is 4.31. The molecule has 216 valence electrons. The van der Waals surface area contributed by atoms with Crippen molar-refractivity contribution in [3.05, 3.63) is 70.9 Å². The fraction of sp³-hybridized carbons (Fsp3) is 0.321. The monoisotopic (exact) mass is 612 g/mol. The van der Waals surface area contributed by atoms with E-state index < -0.39 is 0 Å². The molecule has 0 saturated carbocycles. The van der Waals surface area contributed by atoms with Gasteiger partial charge < -0.3 is 30.7 Å². The van der Waals surface area contributed by atoms with E-state index in [-0.39, 0.29) is 11.8 Å². The third-order valence-electron chi connectivity index (χ3n) is 6.37. The van der Waals surface area contributed by atoms with Crippen LogP contribution >= 0.6 is 35.6 Å². The van der Waals surface area contributed by atoms with Crippen LogP contribution in [-0.4, -0.2) is 100 Å². The summed E-state index contributed by atoms with van der Waals surface area (Å²) in [5, 5.41) is 9.18. The molecule has 1 aliphatic rings. The number of carbonyl (C=O) groups is 2. The van der Waals surface area contributed by atoms with Crippen molar-refractivity contribution in [2.75, 3.05) is 70.3 Å². The van der Waals surface area contributed by atoms with Crippen LogP contribution in [-0.2, 0) is 0 Å². The Morgan fingerprint density at radius 2 is 1.71 bits per heavy atom. The number of amides is 2. The molecule has 1 aromatic heterocycles. The Labute approximate surface area is 254 Å². The zero-order valence-corrected chi connectivity index (χ0v) is 25.6. The number of benzene rings is 2. The lowest BCUT2D eigenvalue weighted by molar-refractivity contribution is 0.0694. The lowest BCUT2D eigenvalue weighted by atomic mass is 10.1. The van der Waals surface area contributed by atoms with Gasteiger partial charge in [0.15, 0.2) is 5.82 Å². The maximum absolute atomic E-state index is 13.1. The van der Waals surface area contributed by atoms with E-state index in [1.54, 1.807) is 49.1 Å². The minimum Gasteiger partial charge on any atom is -0.355 e. The van der Waals surface area contributed by atoms with Gasteiger partial charge in [0.2, 0.25) is 5.95 Å². The van der Waals surface area contributed by atoms with Crippen LogP contribution in [0.3, 0.4) is 0 Å². The van der Waals surface area contributed by atoms with E-state index in [1.807, 2.05) is 37.2 Å². The minimum absolute atomic E-state index is 0.00797. The second-order valence-corrected chi connectivity index (χ2v) is 11.7. The van der Waals surface area contributed by atoms with Crippen LogP contribution in [0.15, 0.2) is 54.7 Å². The van der Waals surface area contributed by atoms with Crippen LogP contribution in [0.1, 0.15) is 20.7 Å². The highest BCUT2D eigenvalue weighted by Gasteiger charge is 2.23. The van der Waals surface area contributed by atoms with Crippen molar-refractivity contribution in [1.82, 2.24) is 30.0 Å². The smallest absolute Gasteiger partial charge is 0.253 e. The van der Waals surface area contributed by atoms with Crippen LogP contribution in [0.5, 0.6) is 0 Å². The average Bonchev–Trinajstić information content (AvgIpc) is 2.98. The number of hydrogen-bond donors (Lipinski definition) is 3. The Balaban J connectivity index is 1.34. The number of halogens is 1. The maximum atomic E-state index is 13.1. The second-order valence-electron chi connectivity index (χ2n) is 9.54. The summed E-state index contributed by atoms with van der Waals surface area (Å²) in [5.41, 5.74) is 2.34. The zero-order valence-electron chi connectivity index (χ0n) is 23.2. The number of aromatic nitrogens is 2. The van der Waals surface area contributed by atoms with Crippen LogP contribution in [0.25, 0.3) is 0 Å². The van der Waals surface area contributed by atoms with Gasteiger partial charge >= 0.3 is 0 Å². The molecule has 3 N–H and O–H groups in total. The molecule has 4 rings (SSSR count). The number of thiocarbonyl (C=S) groups is 1. The summed E-state index contributed by atoms with van der Waals surface area (Å²) < 4.78 is 0.896. The van der Waals surface area contributed by atoms with Gasteiger partial charge in [-0.2, -0.15) is 4.98 Å². The van der Waals surface area contributed by atoms with Gasteiger partial charge in [0.25, 0.3) is 11.8 Å². The summed E-state index contributed by atoms with van der Waals surface area (Å²) in [6, 6.07) is 14.3. The van der Waals surface area contributed by atoms with Gasteiger partial charge in [0, 0.05) is 56.8 Å². The Kier molecular flexibility index (Phi) is 10.7. The Hall–Kier alpha value is -3.45. The Morgan fingerprint density at radius 3 is 2.39 bits per heavy atom. The number of anilines is 4. The van der Waals surface area contributed by atoms with Crippen molar-refractivity contribution in [3.63, 3.8) is 0 Å². The van der Waals surface area contributed by atoms with Gasteiger partial charge in [-0.15, -0.1) is 0 Å². The molecule has 10 nitrogen and oxygen atoms in total. The summed E-state index contributed by atoms with van der Waals surface area (Å²) in [4.78, 5) is 40.3. The van der Waals surface area contributed by atoms with Crippen molar-refractivity contribution in [2.24, 2.45) is 0 Å². The highest BCUT2D eigenvalue weighted by atomic mass is 35.5. The van der Waals surface area contributed by atoms with E-state index in [0.29, 0.717) is 52.4 Å². The van der Waals surface area contributed by atoms with Gasteiger partial charge in [0.05, 0.1) is 17.4 Å². The first-order chi connectivity index (χ1) is 19.7. The summed E-state index contributed by atoms with van der Waals surface area (Å²) in [6.45, 7) is 3.70. The number of thioether (sulfide) groups is 1. The fourth-order valence-electron chi connectivity index (χ4n) is 4.07. The normalized spacial score (nSPS) is 13.2. The third kappa shape index (κ3) is 8.29. The van der Waals surface area contributed by atoms with Crippen molar-refractivity contribution in [3.8, 4) is 0 Å². The largest absolute Gasteiger partial charge is 0.355 e. The number of piperazine rings is 1. The van der Waals surface area contributed by atoms with Crippen LogP contribution in [0.4, 0.5) is 23.1 Å². The topological polar surface area (TPSA) is 106 Å². The number of rotatable bonds is 9. The van der Waals surface area contributed by atoms with Crippen LogP contribution in [0, 0.1) is 0 Å². The van der Waals surface area contributed by atoms with Crippen molar-refractivity contribution < 1.29 is 9.59 Å². The summed E-state index contributed by atoms with van der Waals surface area (Å²) in [5.74, 6) is 1.37. The highest BCUT2D eigenvalue weighted by Crippen LogP contribution is 2.27. The molecule has 3 aromatic rings. The second kappa shape index (κ2) is 14.4. The van der Waals surface area contributed by atoms with E-state index in [0.717, 1.165) is 29.7 Å². The third-order valence-corrected chi connectivity index (χ3v) is 8.15. The number of nitrogens with zero attached hydrogens (tertiary/aromatic N) is 5. The standard InChI is InChI=1S/C28H33ClN8O2S2/c1-30-25(38)21-6-4-5-7-23(21)33-24-22(29)18-31-27(34-24)32-20-10-8-19(9-11-20)26(39)36-12-14-37(15-13-36)28(40)41-17-16-35(2)3/h4-11,18H,12-17H2,1-3H3,(H,30,38)(H2,31,32,33,34). The Bertz CT molecular complexity index is 1380. The molecule has 41 heavy (non-hydrogen) atoms. The summed E-state index contributed by atoms with van der Waals surface area (Å²) in [6.07, 6.45) is 1.48. The number of carbonyl (C=O) groups excluding carboxylic acids is 2. The molecule has 1 saturated heterocycles. The molecule has 0 radical (unpaired) electrons. The van der Waals surface area contributed by atoms with Crippen LogP contribution in [0.2, 0.25) is 5.02 Å². The van der Waals surface area contributed by atoms with Gasteiger partial charge in [-0.1, -0.05) is 47.7 Å². The fourth-order valence-corrected chi connectivity index (χ4v) is 5.64. The average molecular weight is 613 g/mol. The molecule has 2 heterocycles. The zero-order chi connectivity index (χ0) is 29.4. The molecular weight excluding hydrogens is 580 g/mol. The molecule has 0 atom stereocenters. The first-order valence-electron chi connectivity index (χ1n) is 13.1. The van der Waals surface area contributed by atoms with Crippen molar-refractivity contribution in [2.45, 2.75) is 0 Å². The van der Waals surface area contributed by atoms with Crippen molar-refractivity contribution >= 4 is 74.9 Å². The molecular formula is C28H33ClN8O2S2. The predicted molar refractivity (Wildman–Crippen MR) is 171 cm³/mol. The molecule has 0 bridgehead atoms. The first-order valence-corrected chi connectivity index (χ1v) is 14.9. The molecule has 0 spiro atoms. The molecule has 2 amide bonds. The Morgan fingerprint density at radius 1 is 1.02 bits per heavy atom. The quantitative estimate of drug-likeness (QED) is 0.303. The number of nitrogens with one attached hydrogen (secondary N) is 3. The molecule has 0 aliphatic carbocycles. The molecule has 2 aromatic carbocycles. The molecule has 13 heteroatoms. The summed E-state index contributed by atoms with van der Waals surface area (Å²) >= 11 is 13.6. The maximum Gasteiger partial charge on any atom is 0.253 e. The first kappa shape index (κ1) is 30.5. The van der Waals surface area contributed by atoms with E-state index in [1.165, 1.54) is 6.20 Å². The molecule has 1 fully saturated rings. The van der Waals surface area contributed by atoms with Crippen LogP contribution < -0.4 is 16.0 Å². The van der Waals surface area contributed by atoms with E-state index >= 15 is 0 Å². The molecule has 1 aliphatic heterocycles. The lowest BCUT2D eigenvalue weighted by Gasteiger charge is -2.36. The van der Waals surface area contributed by atoms with E-state index in [4.69, 9.17) is 23.8 Å². The van der Waals surface area contributed by atoms with Gasteiger partial charge in [-0.3, -0.25) is 9.59 Å².